The number of carbonyl (C=O) groups excluding carboxylic acids is 2. The Bertz CT molecular complexity index is 930. The monoisotopic (exact) mass is 380 g/mol. The van der Waals surface area contributed by atoms with Crippen molar-refractivity contribution < 1.29 is 19.1 Å². The van der Waals surface area contributed by atoms with E-state index in [1.165, 1.54) is 27.3 Å². The third-order valence-corrected chi connectivity index (χ3v) is 3.59. The molecule has 2 rings (SSSR count). The minimum absolute atomic E-state index is 0.110. The molecule has 0 fully saturated rings. The van der Waals surface area contributed by atoms with Gasteiger partial charge in [-0.2, -0.15) is 5.26 Å². The number of hydrogen-bond acceptors (Lipinski definition) is 6. The van der Waals surface area contributed by atoms with Crippen LogP contribution in [0, 0.1) is 11.3 Å². The number of nitriles is 1. The first-order valence-electron chi connectivity index (χ1n) is 8.24. The van der Waals surface area contributed by atoms with Crippen molar-refractivity contribution in [2.24, 2.45) is 0 Å². The molecule has 0 radical (unpaired) electrons. The summed E-state index contributed by atoms with van der Waals surface area (Å²) in [5.41, 5.74) is 1.65. The Morgan fingerprint density at radius 1 is 0.929 bits per heavy atom. The van der Waals surface area contributed by atoms with Gasteiger partial charge in [-0.15, -0.1) is 0 Å². The molecule has 0 aromatic heterocycles. The molecule has 2 aromatic rings. The van der Waals surface area contributed by atoms with Gasteiger partial charge in [0.25, 0.3) is 5.91 Å². The molecule has 0 atom stereocenters. The van der Waals surface area contributed by atoms with Crippen LogP contribution in [-0.4, -0.2) is 26.0 Å². The van der Waals surface area contributed by atoms with Gasteiger partial charge in [0.15, 0.2) is 11.5 Å². The molecule has 0 heterocycles. The highest BCUT2D eigenvalue weighted by atomic mass is 16.5. The van der Waals surface area contributed by atoms with E-state index in [-0.39, 0.29) is 11.5 Å². The SMILES string of the molecule is COc1ccc(NC(=O)/C(C#N)=C\Nc2ccc(NC(C)=O)cc2)cc1OC. The lowest BCUT2D eigenvalue weighted by molar-refractivity contribution is -0.114. The summed E-state index contributed by atoms with van der Waals surface area (Å²) in [5.74, 6) is 0.248. The number of hydrogen-bond donors (Lipinski definition) is 3. The molecule has 3 N–H and O–H groups in total. The highest BCUT2D eigenvalue weighted by Crippen LogP contribution is 2.29. The summed E-state index contributed by atoms with van der Waals surface area (Å²) in [6, 6.07) is 13.6. The fourth-order valence-corrected chi connectivity index (χ4v) is 2.27. The van der Waals surface area contributed by atoms with Crippen LogP contribution in [0.1, 0.15) is 6.92 Å². The number of nitrogens with zero attached hydrogens (tertiary/aromatic N) is 1. The minimum Gasteiger partial charge on any atom is -0.493 e. The molecule has 8 nitrogen and oxygen atoms in total. The second-order valence-corrected chi connectivity index (χ2v) is 5.60. The first-order valence-corrected chi connectivity index (χ1v) is 8.24. The van der Waals surface area contributed by atoms with E-state index < -0.39 is 5.91 Å². The van der Waals surface area contributed by atoms with E-state index in [2.05, 4.69) is 16.0 Å². The molecule has 0 aliphatic heterocycles. The van der Waals surface area contributed by atoms with Crippen molar-refractivity contribution in [2.45, 2.75) is 6.92 Å². The standard InChI is InChI=1S/C20H20N4O4/c1-13(25)23-16-6-4-15(5-7-16)22-12-14(11-21)20(26)24-17-8-9-18(27-2)19(10-17)28-3/h4-10,12,22H,1-3H3,(H,23,25)(H,24,26)/b14-12-. The Labute approximate surface area is 162 Å². The summed E-state index contributed by atoms with van der Waals surface area (Å²) in [6.07, 6.45) is 1.31. The summed E-state index contributed by atoms with van der Waals surface area (Å²) in [5, 5.41) is 17.4. The number of anilines is 3. The van der Waals surface area contributed by atoms with Crippen molar-refractivity contribution in [3.63, 3.8) is 0 Å². The van der Waals surface area contributed by atoms with E-state index in [1.54, 1.807) is 42.5 Å². The third-order valence-electron chi connectivity index (χ3n) is 3.59. The number of benzene rings is 2. The maximum Gasteiger partial charge on any atom is 0.267 e. The smallest absolute Gasteiger partial charge is 0.267 e. The molecule has 0 saturated carbocycles. The molecule has 0 saturated heterocycles. The van der Waals surface area contributed by atoms with E-state index in [1.807, 2.05) is 6.07 Å². The number of amides is 2. The average Bonchev–Trinajstić information content (AvgIpc) is 2.69. The lowest BCUT2D eigenvalue weighted by Crippen LogP contribution is -2.14. The van der Waals surface area contributed by atoms with Gasteiger partial charge in [0.05, 0.1) is 14.2 Å². The van der Waals surface area contributed by atoms with Crippen molar-refractivity contribution in [2.75, 3.05) is 30.2 Å². The molecule has 144 valence electrons. The van der Waals surface area contributed by atoms with Crippen LogP contribution < -0.4 is 25.4 Å². The van der Waals surface area contributed by atoms with Gasteiger partial charge < -0.3 is 25.4 Å². The molecule has 2 aromatic carbocycles. The van der Waals surface area contributed by atoms with Gasteiger partial charge in [0, 0.05) is 36.3 Å². The lowest BCUT2D eigenvalue weighted by atomic mass is 10.2. The van der Waals surface area contributed by atoms with Crippen LogP contribution in [0.4, 0.5) is 17.1 Å². The van der Waals surface area contributed by atoms with Crippen LogP contribution in [0.5, 0.6) is 11.5 Å². The molecule has 0 unspecified atom stereocenters. The zero-order chi connectivity index (χ0) is 20.5. The maximum absolute atomic E-state index is 12.3. The van der Waals surface area contributed by atoms with Gasteiger partial charge in [-0.1, -0.05) is 0 Å². The van der Waals surface area contributed by atoms with E-state index >= 15 is 0 Å². The zero-order valence-electron chi connectivity index (χ0n) is 15.7. The largest absolute Gasteiger partial charge is 0.493 e. The average molecular weight is 380 g/mol. The first kappa shape index (κ1) is 20.3. The Morgan fingerprint density at radius 2 is 1.54 bits per heavy atom. The van der Waals surface area contributed by atoms with E-state index in [0.717, 1.165) is 0 Å². The number of methoxy groups -OCH3 is 2. The van der Waals surface area contributed by atoms with Gasteiger partial charge in [-0.05, 0) is 36.4 Å². The fraction of sp³-hybridized carbons (Fsp3) is 0.150. The summed E-state index contributed by atoms with van der Waals surface area (Å²) < 4.78 is 10.3. The summed E-state index contributed by atoms with van der Waals surface area (Å²) in [6.45, 7) is 1.42. The Hall–Kier alpha value is -3.99. The number of rotatable bonds is 7. The molecular formula is C20H20N4O4. The van der Waals surface area contributed by atoms with Gasteiger partial charge in [0.1, 0.15) is 11.6 Å². The predicted molar refractivity (Wildman–Crippen MR) is 106 cm³/mol. The normalized spacial score (nSPS) is 10.4. The number of ether oxygens (including phenoxy) is 2. The summed E-state index contributed by atoms with van der Waals surface area (Å²) >= 11 is 0. The van der Waals surface area contributed by atoms with Crippen molar-refractivity contribution in [1.82, 2.24) is 0 Å². The molecule has 2 amide bonds. The van der Waals surface area contributed by atoms with Gasteiger partial charge in [-0.3, -0.25) is 9.59 Å². The van der Waals surface area contributed by atoms with E-state index in [9.17, 15) is 14.9 Å². The van der Waals surface area contributed by atoms with E-state index in [4.69, 9.17) is 9.47 Å². The second kappa shape index (κ2) is 9.64. The summed E-state index contributed by atoms with van der Waals surface area (Å²) in [4.78, 5) is 23.4. The van der Waals surface area contributed by atoms with Crippen LogP contribution >= 0.6 is 0 Å². The molecule has 0 aliphatic carbocycles. The maximum atomic E-state index is 12.3. The van der Waals surface area contributed by atoms with Gasteiger partial charge >= 0.3 is 0 Å². The quantitative estimate of drug-likeness (QED) is 0.502. The second-order valence-electron chi connectivity index (χ2n) is 5.60. The molecular weight excluding hydrogens is 360 g/mol. The number of carbonyl (C=O) groups is 2. The van der Waals surface area contributed by atoms with Crippen molar-refractivity contribution in [3.05, 3.63) is 54.2 Å². The van der Waals surface area contributed by atoms with Crippen LogP contribution in [0.15, 0.2) is 54.2 Å². The van der Waals surface area contributed by atoms with Crippen LogP contribution in [-0.2, 0) is 9.59 Å². The predicted octanol–water partition coefficient (Wildman–Crippen LogP) is 3.12. The van der Waals surface area contributed by atoms with Crippen LogP contribution in [0.3, 0.4) is 0 Å². The van der Waals surface area contributed by atoms with Crippen molar-refractivity contribution in [3.8, 4) is 17.6 Å². The lowest BCUT2D eigenvalue weighted by Gasteiger charge is -2.10. The molecule has 28 heavy (non-hydrogen) atoms. The minimum atomic E-state index is -0.572. The first-order chi connectivity index (χ1) is 13.5. The zero-order valence-corrected chi connectivity index (χ0v) is 15.7. The highest BCUT2D eigenvalue weighted by molar-refractivity contribution is 6.06. The Balaban J connectivity index is 2.06. The van der Waals surface area contributed by atoms with Crippen molar-refractivity contribution in [1.29, 1.82) is 5.26 Å². The van der Waals surface area contributed by atoms with Gasteiger partial charge in [-0.25, -0.2) is 0 Å². The molecule has 0 spiro atoms. The molecule has 0 aliphatic rings. The van der Waals surface area contributed by atoms with E-state index in [0.29, 0.717) is 28.6 Å². The van der Waals surface area contributed by atoms with Crippen molar-refractivity contribution >= 4 is 28.9 Å². The topological polar surface area (TPSA) is 112 Å². The fourth-order valence-electron chi connectivity index (χ4n) is 2.27. The molecule has 8 heteroatoms. The molecule has 0 bridgehead atoms. The summed E-state index contributed by atoms with van der Waals surface area (Å²) in [7, 11) is 3.01. The van der Waals surface area contributed by atoms with Crippen LogP contribution in [0.2, 0.25) is 0 Å². The Morgan fingerprint density at radius 3 is 2.11 bits per heavy atom. The highest BCUT2D eigenvalue weighted by Gasteiger charge is 2.11. The van der Waals surface area contributed by atoms with Gasteiger partial charge in [0.2, 0.25) is 5.91 Å². The van der Waals surface area contributed by atoms with Crippen LogP contribution in [0.25, 0.3) is 0 Å². The third kappa shape index (κ3) is 5.51. The number of nitrogens with one attached hydrogen (secondary N) is 3. The Kier molecular flexibility index (Phi) is 6.99.